The third-order valence-electron chi connectivity index (χ3n) is 3.22. The van der Waals surface area contributed by atoms with Crippen LogP contribution in [0.2, 0.25) is 0 Å². The molecule has 2 atom stereocenters. The number of nitrogens with zero attached hydrogens (tertiary/aromatic N) is 1. The van der Waals surface area contributed by atoms with Crippen molar-refractivity contribution in [1.82, 2.24) is 10.7 Å². The topological polar surface area (TPSA) is 62.4 Å². The van der Waals surface area contributed by atoms with Crippen LogP contribution in [-0.2, 0) is 0 Å². The predicted octanol–water partition coefficient (Wildman–Crippen LogP) is 1.87. The molecule has 0 bridgehead atoms. The second kappa shape index (κ2) is 8.64. The van der Waals surface area contributed by atoms with Crippen LogP contribution in [-0.4, -0.2) is 30.1 Å². The Morgan fingerprint density at radius 1 is 1.47 bits per heavy atom. The van der Waals surface area contributed by atoms with Gasteiger partial charge in [0.1, 0.15) is 0 Å². The molecule has 4 nitrogen and oxygen atoms in total. The summed E-state index contributed by atoms with van der Waals surface area (Å²) < 4.78 is 0. The van der Waals surface area contributed by atoms with Gasteiger partial charge in [0.2, 0.25) is 5.96 Å². The monoisotopic (exact) mass is 258 g/mol. The van der Waals surface area contributed by atoms with Crippen LogP contribution in [0, 0.1) is 0 Å². The van der Waals surface area contributed by atoms with Gasteiger partial charge in [0.25, 0.3) is 0 Å². The van der Waals surface area contributed by atoms with Crippen LogP contribution >= 0.6 is 11.8 Å². The molecule has 0 spiro atoms. The maximum atomic E-state index is 5.49. The summed E-state index contributed by atoms with van der Waals surface area (Å²) in [6.07, 6.45) is 9.57. The maximum Gasteiger partial charge on any atom is 0.205 e. The summed E-state index contributed by atoms with van der Waals surface area (Å²) in [4.78, 5) is 4.44. The Kier molecular flexibility index (Phi) is 7.44. The number of hydrogen-bond donors (Lipinski definition) is 3. The molecule has 1 aliphatic carbocycles. The van der Waals surface area contributed by atoms with Crippen LogP contribution in [0.4, 0.5) is 0 Å². The maximum absolute atomic E-state index is 5.49. The molecule has 1 rings (SSSR count). The molecule has 100 valence electrons. The molecular weight excluding hydrogens is 232 g/mol. The molecule has 0 amide bonds. The van der Waals surface area contributed by atoms with E-state index >= 15 is 0 Å². The molecule has 2 unspecified atom stereocenters. The minimum atomic E-state index is 0.526. The Bertz CT molecular complexity index is 233. The molecule has 0 aliphatic heterocycles. The smallest absolute Gasteiger partial charge is 0.205 e. The van der Waals surface area contributed by atoms with E-state index in [0.717, 1.165) is 24.2 Å². The molecule has 4 N–H and O–H groups in total. The first-order valence-electron chi connectivity index (χ1n) is 6.60. The van der Waals surface area contributed by atoms with Gasteiger partial charge >= 0.3 is 0 Å². The number of unbranched alkanes of at least 4 members (excludes halogenated alkanes) is 1. The number of nitrogens with one attached hydrogen (secondary N) is 2. The van der Waals surface area contributed by atoms with Gasteiger partial charge < -0.3 is 5.32 Å². The molecule has 0 aromatic carbocycles. The Morgan fingerprint density at radius 3 is 2.94 bits per heavy atom. The molecule has 5 heteroatoms. The van der Waals surface area contributed by atoms with Crippen molar-refractivity contribution in [3.05, 3.63) is 0 Å². The van der Waals surface area contributed by atoms with Crippen molar-refractivity contribution in [1.29, 1.82) is 0 Å². The zero-order valence-corrected chi connectivity index (χ0v) is 11.9. The lowest BCUT2D eigenvalue weighted by molar-refractivity contribution is 0.419. The molecule has 1 fully saturated rings. The highest BCUT2D eigenvalue weighted by Crippen LogP contribution is 2.26. The molecule has 0 saturated heterocycles. The van der Waals surface area contributed by atoms with Crippen molar-refractivity contribution >= 4 is 17.7 Å². The first kappa shape index (κ1) is 14.6. The average molecular weight is 258 g/mol. The van der Waals surface area contributed by atoms with Gasteiger partial charge in [0.05, 0.1) is 0 Å². The first-order valence-corrected chi connectivity index (χ1v) is 7.89. The number of hydrogen-bond acceptors (Lipinski definition) is 3. The van der Waals surface area contributed by atoms with Gasteiger partial charge in [0, 0.05) is 17.8 Å². The predicted molar refractivity (Wildman–Crippen MR) is 77.2 cm³/mol. The summed E-state index contributed by atoms with van der Waals surface area (Å²) in [6.45, 7) is 3.02. The Balaban J connectivity index is 2.36. The largest absolute Gasteiger partial charge is 0.353 e. The number of rotatable bonds is 5. The van der Waals surface area contributed by atoms with Gasteiger partial charge in [-0.1, -0.05) is 19.8 Å². The van der Waals surface area contributed by atoms with Crippen LogP contribution in [0.25, 0.3) is 0 Å². The van der Waals surface area contributed by atoms with E-state index in [4.69, 9.17) is 5.84 Å². The highest BCUT2D eigenvalue weighted by molar-refractivity contribution is 7.99. The van der Waals surface area contributed by atoms with Crippen LogP contribution in [0.3, 0.4) is 0 Å². The molecule has 1 aliphatic rings. The Morgan fingerprint density at radius 2 is 2.29 bits per heavy atom. The fourth-order valence-electron chi connectivity index (χ4n) is 2.17. The van der Waals surface area contributed by atoms with E-state index in [1.807, 2.05) is 11.8 Å². The highest BCUT2D eigenvalue weighted by Gasteiger charge is 2.21. The van der Waals surface area contributed by atoms with Crippen LogP contribution in [0.15, 0.2) is 4.99 Å². The standard InChI is InChI=1S/C12H26N4S/c1-3-4-8-14-12(16-13)15-10-6-5-7-11(9-10)17-2/h10-11H,3-9,13H2,1-2H3,(H2,14,15,16). The molecular formula is C12H26N4S. The summed E-state index contributed by atoms with van der Waals surface area (Å²) in [6, 6.07) is 0.526. The SMILES string of the molecule is CCCCN=C(NN)NC1CCCC(SC)C1. The number of aliphatic imine (C=N–C) groups is 1. The summed E-state index contributed by atoms with van der Waals surface area (Å²) in [5.74, 6) is 6.25. The minimum Gasteiger partial charge on any atom is -0.353 e. The summed E-state index contributed by atoms with van der Waals surface area (Å²) in [5, 5.41) is 4.22. The fourth-order valence-corrected chi connectivity index (χ4v) is 2.99. The van der Waals surface area contributed by atoms with E-state index in [2.05, 4.69) is 28.9 Å². The third-order valence-corrected chi connectivity index (χ3v) is 4.31. The second-order valence-corrected chi connectivity index (χ2v) is 5.73. The molecule has 0 heterocycles. The Hall–Kier alpha value is -0.420. The van der Waals surface area contributed by atoms with Crippen molar-refractivity contribution in [3.8, 4) is 0 Å². The lowest BCUT2D eigenvalue weighted by Crippen LogP contribution is -2.48. The van der Waals surface area contributed by atoms with Gasteiger partial charge in [-0.05, 0) is 31.9 Å². The van der Waals surface area contributed by atoms with Crippen LogP contribution in [0.1, 0.15) is 45.4 Å². The van der Waals surface area contributed by atoms with Crippen LogP contribution < -0.4 is 16.6 Å². The van der Waals surface area contributed by atoms with E-state index in [9.17, 15) is 0 Å². The minimum absolute atomic E-state index is 0.526. The number of thioether (sulfide) groups is 1. The number of hydrazine groups is 1. The number of nitrogens with two attached hydrogens (primary N) is 1. The zero-order chi connectivity index (χ0) is 12.5. The van der Waals surface area contributed by atoms with Gasteiger partial charge in [-0.2, -0.15) is 11.8 Å². The Labute approximate surface area is 109 Å². The molecule has 0 aromatic heterocycles. The van der Waals surface area contributed by atoms with Gasteiger partial charge in [-0.25, -0.2) is 5.84 Å². The molecule has 1 saturated carbocycles. The highest BCUT2D eigenvalue weighted by atomic mass is 32.2. The summed E-state index contributed by atoms with van der Waals surface area (Å²) in [5.41, 5.74) is 2.67. The van der Waals surface area contributed by atoms with E-state index in [1.54, 1.807) is 0 Å². The van der Waals surface area contributed by atoms with Gasteiger partial charge in [0.15, 0.2) is 0 Å². The summed E-state index contributed by atoms with van der Waals surface area (Å²) >= 11 is 1.97. The van der Waals surface area contributed by atoms with Crippen molar-refractivity contribution in [2.24, 2.45) is 10.8 Å². The van der Waals surface area contributed by atoms with E-state index < -0.39 is 0 Å². The second-order valence-electron chi connectivity index (χ2n) is 4.59. The van der Waals surface area contributed by atoms with Crippen molar-refractivity contribution in [2.45, 2.75) is 56.7 Å². The molecule has 0 aromatic rings. The lowest BCUT2D eigenvalue weighted by Gasteiger charge is -2.29. The van der Waals surface area contributed by atoms with E-state index in [-0.39, 0.29) is 0 Å². The quantitative estimate of drug-likeness (QED) is 0.232. The zero-order valence-electron chi connectivity index (χ0n) is 11.0. The first-order chi connectivity index (χ1) is 8.30. The van der Waals surface area contributed by atoms with Gasteiger partial charge in [-0.15, -0.1) is 0 Å². The van der Waals surface area contributed by atoms with Crippen molar-refractivity contribution < 1.29 is 0 Å². The fraction of sp³-hybridized carbons (Fsp3) is 0.917. The average Bonchev–Trinajstić information content (AvgIpc) is 2.38. The van der Waals surface area contributed by atoms with E-state index in [0.29, 0.717) is 6.04 Å². The lowest BCUT2D eigenvalue weighted by atomic mass is 9.95. The van der Waals surface area contributed by atoms with E-state index in [1.165, 1.54) is 32.1 Å². The van der Waals surface area contributed by atoms with Crippen LogP contribution in [0.5, 0.6) is 0 Å². The number of guanidine groups is 1. The molecule has 17 heavy (non-hydrogen) atoms. The molecule has 0 radical (unpaired) electrons. The van der Waals surface area contributed by atoms with Crippen molar-refractivity contribution in [3.63, 3.8) is 0 Å². The van der Waals surface area contributed by atoms with Crippen molar-refractivity contribution in [2.75, 3.05) is 12.8 Å². The normalized spacial score (nSPS) is 25.7. The van der Waals surface area contributed by atoms with Gasteiger partial charge in [-0.3, -0.25) is 10.4 Å². The summed E-state index contributed by atoms with van der Waals surface area (Å²) in [7, 11) is 0. The third kappa shape index (κ3) is 5.64.